The van der Waals surface area contributed by atoms with E-state index < -0.39 is 0 Å². The molecule has 62 valence electrons. The molecule has 0 spiro atoms. The lowest BCUT2D eigenvalue weighted by molar-refractivity contribution is 0.387. The number of hydrogen-bond acceptors (Lipinski definition) is 0. The van der Waals surface area contributed by atoms with Crippen LogP contribution in [-0.2, 0) is 0 Å². The molecule has 0 aliphatic rings. The fraction of sp³-hybridized carbons (Fsp3) is 1.00. The fourth-order valence-electron chi connectivity index (χ4n) is 0.663. The summed E-state index contributed by atoms with van der Waals surface area (Å²) >= 11 is 17.0. The van der Waals surface area contributed by atoms with E-state index in [9.17, 15) is 0 Å². The molecular formula is C7H13Cl3. The minimum Gasteiger partial charge on any atom is -0.127 e. The Kier molecular flexibility index (Phi) is 5.99. The molecule has 0 aromatic heterocycles. The molecule has 0 aliphatic carbocycles. The largest absolute Gasteiger partial charge is 0.127 e. The van der Waals surface area contributed by atoms with E-state index in [2.05, 4.69) is 6.92 Å². The van der Waals surface area contributed by atoms with Crippen LogP contribution in [-0.4, -0.2) is 17.6 Å². The van der Waals surface area contributed by atoms with Crippen LogP contribution in [0.25, 0.3) is 0 Å². The number of halogens is 3. The van der Waals surface area contributed by atoms with Crippen molar-refractivity contribution in [3.63, 3.8) is 0 Å². The average molecular weight is 204 g/mol. The van der Waals surface area contributed by atoms with Crippen LogP contribution in [0.3, 0.4) is 0 Å². The molecule has 3 heteroatoms. The van der Waals surface area contributed by atoms with Gasteiger partial charge in [0.05, 0.1) is 0 Å². The quantitative estimate of drug-likeness (QED) is 0.600. The van der Waals surface area contributed by atoms with Crippen LogP contribution in [0.1, 0.15) is 19.8 Å². The summed E-state index contributed by atoms with van der Waals surface area (Å²) in [7, 11) is 0. The van der Waals surface area contributed by atoms with Gasteiger partial charge in [0, 0.05) is 17.6 Å². The van der Waals surface area contributed by atoms with E-state index in [0.717, 1.165) is 12.8 Å². The molecule has 0 heterocycles. The molecular weight excluding hydrogens is 190 g/mol. The lowest BCUT2D eigenvalue weighted by Crippen LogP contribution is -2.20. The van der Waals surface area contributed by atoms with Gasteiger partial charge in [-0.2, -0.15) is 0 Å². The van der Waals surface area contributed by atoms with Gasteiger partial charge >= 0.3 is 0 Å². The SMILES string of the molecule is CC(CCl)(CCl)CCCCl. The third-order valence-electron chi connectivity index (χ3n) is 1.56. The zero-order valence-corrected chi connectivity index (χ0v) is 8.44. The molecule has 0 aromatic carbocycles. The maximum atomic E-state index is 5.72. The normalized spacial score (nSPS) is 12.0. The lowest BCUT2D eigenvalue weighted by atomic mass is 9.90. The van der Waals surface area contributed by atoms with Crippen LogP contribution in [0.2, 0.25) is 0 Å². The summed E-state index contributed by atoms with van der Waals surface area (Å²) in [6.45, 7) is 2.08. The van der Waals surface area contributed by atoms with Crippen LogP contribution < -0.4 is 0 Å². The molecule has 0 fully saturated rings. The van der Waals surface area contributed by atoms with E-state index in [1.54, 1.807) is 0 Å². The third-order valence-corrected chi connectivity index (χ3v) is 3.12. The standard InChI is InChI=1S/C7H13Cl3/c1-7(5-9,6-10)3-2-4-8/h2-6H2,1H3. The molecule has 0 radical (unpaired) electrons. The van der Waals surface area contributed by atoms with Gasteiger partial charge in [0.15, 0.2) is 0 Å². The summed E-state index contributed by atoms with van der Waals surface area (Å²) in [5.41, 5.74) is 0.0814. The predicted octanol–water partition coefficient (Wildman–Crippen LogP) is 3.49. The van der Waals surface area contributed by atoms with Gasteiger partial charge in [-0.1, -0.05) is 6.92 Å². The number of alkyl halides is 3. The first kappa shape index (κ1) is 10.9. The molecule has 0 unspecified atom stereocenters. The molecule has 0 aromatic rings. The first-order chi connectivity index (χ1) is 4.68. The van der Waals surface area contributed by atoms with Crippen molar-refractivity contribution < 1.29 is 0 Å². The predicted molar refractivity (Wildman–Crippen MR) is 49.5 cm³/mol. The zero-order chi connectivity index (χ0) is 8.04. The molecule has 10 heavy (non-hydrogen) atoms. The second-order valence-electron chi connectivity index (χ2n) is 2.87. The third kappa shape index (κ3) is 3.90. The summed E-state index contributed by atoms with van der Waals surface area (Å²) in [4.78, 5) is 0. The summed E-state index contributed by atoms with van der Waals surface area (Å²) in [6.07, 6.45) is 2.01. The molecule has 0 aliphatic heterocycles. The van der Waals surface area contributed by atoms with E-state index in [1.807, 2.05) is 0 Å². The van der Waals surface area contributed by atoms with Gasteiger partial charge in [-0.15, -0.1) is 34.8 Å². The molecule has 0 amide bonds. The Balaban J connectivity index is 3.58. The molecule has 0 nitrogen and oxygen atoms in total. The maximum absolute atomic E-state index is 5.72. The average Bonchev–Trinajstić information content (AvgIpc) is 2.00. The highest BCUT2D eigenvalue weighted by Gasteiger charge is 2.20. The Morgan fingerprint density at radius 1 is 1.10 bits per heavy atom. The summed E-state index contributed by atoms with van der Waals surface area (Å²) in [5, 5.41) is 0. The second-order valence-corrected chi connectivity index (χ2v) is 3.78. The van der Waals surface area contributed by atoms with Crippen molar-refractivity contribution in [3.8, 4) is 0 Å². The summed E-state index contributed by atoms with van der Waals surface area (Å²) < 4.78 is 0. The Hall–Kier alpha value is 0.870. The Morgan fingerprint density at radius 3 is 1.90 bits per heavy atom. The van der Waals surface area contributed by atoms with Gasteiger partial charge in [-0.3, -0.25) is 0 Å². The van der Waals surface area contributed by atoms with E-state index >= 15 is 0 Å². The van der Waals surface area contributed by atoms with Gasteiger partial charge < -0.3 is 0 Å². The maximum Gasteiger partial charge on any atom is 0.0288 e. The van der Waals surface area contributed by atoms with Crippen molar-refractivity contribution in [3.05, 3.63) is 0 Å². The molecule has 0 saturated carbocycles. The summed E-state index contributed by atoms with van der Waals surface area (Å²) in [6, 6.07) is 0. The summed E-state index contributed by atoms with van der Waals surface area (Å²) in [5.74, 6) is 1.93. The Labute approximate surface area is 77.8 Å². The smallest absolute Gasteiger partial charge is 0.0288 e. The lowest BCUT2D eigenvalue weighted by Gasteiger charge is -2.23. The van der Waals surface area contributed by atoms with Crippen LogP contribution in [0, 0.1) is 5.41 Å². The highest BCUT2D eigenvalue weighted by Crippen LogP contribution is 2.26. The Morgan fingerprint density at radius 2 is 1.60 bits per heavy atom. The van der Waals surface area contributed by atoms with Crippen molar-refractivity contribution in [1.82, 2.24) is 0 Å². The van der Waals surface area contributed by atoms with Crippen molar-refractivity contribution in [1.29, 1.82) is 0 Å². The van der Waals surface area contributed by atoms with E-state index in [1.165, 1.54) is 0 Å². The van der Waals surface area contributed by atoms with Gasteiger partial charge in [0.25, 0.3) is 0 Å². The number of hydrogen-bond donors (Lipinski definition) is 0. The molecule has 0 atom stereocenters. The molecule has 0 bridgehead atoms. The minimum atomic E-state index is 0.0814. The van der Waals surface area contributed by atoms with E-state index in [-0.39, 0.29) is 5.41 Å². The topological polar surface area (TPSA) is 0 Å². The van der Waals surface area contributed by atoms with Gasteiger partial charge in [-0.05, 0) is 18.3 Å². The van der Waals surface area contributed by atoms with Gasteiger partial charge in [-0.25, -0.2) is 0 Å². The van der Waals surface area contributed by atoms with Crippen LogP contribution in [0.5, 0.6) is 0 Å². The van der Waals surface area contributed by atoms with Crippen LogP contribution in [0.4, 0.5) is 0 Å². The van der Waals surface area contributed by atoms with Crippen LogP contribution in [0.15, 0.2) is 0 Å². The van der Waals surface area contributed by atoms with Crippen molar-refractivity contribution >= 4 is 34.8 Å². The van der Waals surface area contributed by atoms with Gasteiger partial charge in [0.2, 0.25) is 0 Å². The van der Waals surface area contributed by atoms with E-state index in [0.29, 0.717) is 17.6 Å². The molecule has 0 rings (SSSR count). The van der Waals surface area contributed by atoms with Crippen LogP contribution >= 0.6 is 34.8 Å². The molecule has 0 N–H and O–H groups in total. The first-order valence-corrected chi connectivity index (χ1v) is 4.97. The zero-order valence-electron chi connectivity index (χ0n) is 6.17. The highest BCUT2D eigenvalue weighted by molar-refractivity contribution is 6.21. The minimum absolute atomic E-state index is 0.0814. The van der Waals surface area contributed by atoms with Crippen molar-refractivity contribution in [2.45, 2.75) is 19.8 Å². The Bertz CT molecular complexity index is 78.9. The molecule has 0 saturated heterocycles. The first-order valence-electron chi connectivity index (χ1n) is 3.36. The highest BCUT2D eigenvalue weighted by atomic mass is 35.5. The number of rotatable bonds is 5. The van der Waals surface area contributed by atoms with Gasteiger partial charge in [0.1, 0.15) is 0 Å². The second kappa shape index (κ2) is 5.51. The van der Waals surface area contributed by atoms with Crippen molar-refractivity contribution in [2.75, 3.05) is 17.6 Å². The monoisotopic (exact) mass is 202 g/mol. The fourth-order valence-corrected chi connectivity index (χ4v) is 1.35. The van der Waals surface area contributed by atoms with E-state index in [4.69, 9.17) is 34.8 Å². The van der Waals surface area contributed by atoms with Crippen molar-refractivity contribution in [2.24, 2.45) is 5.41 Å².